The average molecular weight is 436 g/mol. The SMILES string of the molecule is COc1cc(-c2ccc(O)cc2)c(OC)c(N)c1-c1ccc(OCCC=C(C)C)c(O)c1. The smallest absolute Gasteiger partial charge is 0.160 e. The van der Waals surface area contributed by atoms with Crippen LogP contribution in [-0.2, 0) is 0 Å². The maximum atomic E-state index is 10.5. The molecule has 0 aliphatic rings. The monoisotopic (exact) mass is 435 g/mol. The van der Waals surface area contributed by atoms with Gasteiger partial charge < -0.3 is 30.2 Å². The molecule has 0 unspecified atom stereocenters. The van der Waals surface area contributed by atoms with E-state index in [1.165, 1.54) is 5.57 Å². The van der Waals surface area contributed by atoms with E-state index in [-0.39, 0.29) is 11.5 Å². The van der Waals surface area contributed by atoms with Gasteiger partial charge in [-0.05, 0) is 61.7 Å². The second-order valence-electron chi connectivity index (χ2n) is 7.60. The Kier molecular flexibility index (Phi) is 7.15. The molecule has 0 aromatic heterocycles. The Morgan fingerprint density at radius 1 is 0.906 bits per heavy atom. The number of nitrogens with two attached hydrogens (primary N) is 1. The van der Waals surface area contributed by atoms with Crippen molar-refractivity contribution in [2.75, 3.05) is 26.6 Å². The Labute approximate surface area is 188 Å². The van der Waals surface area contributed by atoms with Gasteiger partial charge in [0.05, 0.1) is 32.1 Å². The van der Waals surface area contributed by atoms with Crippen LogP contribution in [0.15, 0.2) is 60.2 Å². The fourth-order valence-corrected chi connectivity index (χ4v) is 3.51. The highest BCUT2D eigenvalue weighted by atomic mass is 16.5. The molecular formula is C26H29NO5. The van der Waals surface area contributed by atoms with Gasteiger partial charge in [0.15, 0.2) is 11.5 Å². The molecule has 0 atom stereocenters. The minimum absolute atomic E-state index is 0.0164. The van der Waals surface area contributed by atoms with Crippen molar-refractivity contribution in [1.29, 1.82) is 0 Å². The number of hydrogen-bond donors (Lipinski definition) is 3. The molecule has 4 N–H and O–H groups in total. The van der Waals surface area contributed by atoms with Crippen molar-refractivity contribution in [2.24, 2.45) is 0 Å². The summed E-state index contributed by atoms with van der Waals surface area (Å²) in [5, 5.41) is 20.1. The predicted octanol–water partition coefficient (Wildman–Crippen LogP) is 5.77. The lowest BCUT2D eigenvalue weighted by Crippen LogP contribution is -2.01. The van der Waals surface area contributed by atoms with Crippen molar-refractivity contribution in [3.05, 3.63) is 60.2 Å². The molecular weight excluding hydrogens is 406 g/mol. The number of aromatic hydroxyl groups is 2. The zero-order valence-corrected chi connectivity index (χ0v) is 18.8. The van der Waals surface area contributed by atoms with Crippen molar-refractivity contribution in [3.63, 3.8) is 0 Å². The van der Waals surface area contributed by atoms with E-state index in [1.807, 2.05) is 26.0 Å². The Morgan fingerprint density at radius 3 is 2.19 bits per heavy atom. The third-order valence-electron chi connectivity index (χ3n) is 5.06. The van der Waals surface area contributed by atoms with Crippen molar-refractivity contribution >= 4 is 5.69 Å². The second kappa shape index (κ2) is 10.0. The maximum absolute atomic E-state index is 10.5. The van der Waals surface area contributed by atoms with Crippen molar-refractivity contribution in [2.45, 2.75) is 20.3 Å². The maximum Gasteiger partial charge on any atom is 0.160 e. The normalized spacial score (nSPS) is 10.5. The first kappa shape index (κ1) is 22.9. The summed E-state index contributed by atoms with van der Waals surface area (Å²) in [7, 11) is 3.11. The number of anilines is 1. The predicted molar refractivity (Wildman–Crippen MR) is 128 cm³/mol. The number of rotatable bonds is 8. The quantitative estimate of drug-likeness (QED) is 0.236. The van der Waals surface area contributed by atoms with E-state index in [4.69, 9.17) is 19.9 Å². The van der Waals surface area contributed by atoms with Crippen LogP contribution in [0.25, 0.3) is 22.3 Å². The van der Waals surface area contributed by atoms with Crippen LogP contribution in [0.4, 0.5) is 5.69 Å². The third kappa shape index (κ3) is 4.91. The van der Waals surface area contributed by atoms with Gasteiger partial charge in [-0.1, -0.05) is 29.8 Å². The zero-order valence-electron chi connectivity index (χ0n) is 18.8. The Balaban J connectivity index is 2.01. The van der Waals surface area contributed by atoms with E-state index >= 15 is 0 Å². The molecule has 3 rings (SSSR count). The Hall–Kier alpha value is -3.80. The van der Waals surface area contributed by atoms with Gasteiger partial charge in [0, 0.05) is 5.56 Å². The molecule has 0 fully saturated rings. The van der Waals surface area contributed by atoms with Crippen LogP contribution in [0.2, 0.25) is 0 Å². The van der Waals surface area contributed by atoms with E-state index < -0.39 is 0 Å². The molecule has 0 radical (unpaired) electrons. The van der Waals surface area contributed by atoms with Gasteiger partial charge in [-0.25, -0.2) is 0 Å². The fraction of sp³-hybridized carbons (Fsp3) is 0.231. The molecule has 0 saturated carbocycles. The first-order valence-corrected chi connectivity index (χ1v) is 10.3. The van der Waals surface area contributed by atoms with Crippen molar-refractivity contribution < 1.29 is 24.4 Å². The average Bonchev–Trinajstić information content (AvgIpc) is 2.77. The molecule has 6 heteroatoms. The van der Waals surface area contributed by atoms with Crippen LogP contribution in [0, 0.1) is 0 Å². The van der Waals surface area contributed by atoms with Crippen LogP contribution in [0.3, 0.4) is 0 Å². The molecule has 0 amide bonds. The molecule has 32 heavy (non-hydrogen) atoms. The summed E-state index contributed by atoms with van der Waals surface area (Å²) in [6, 6.07) is 13.7. The lowest BCUT2D eigenvalue weighted by atomic mass is 9.95. The minimum Gasteiger partial charge on any atom is -0.508 e. The molecule has 3 aromatic rings. The topological polar surface area (TPSA) is 94.2 Å². The van der Waals surface area contributed by atoms with Crippen molar-refractivity contribution in [1.82, 2.24) is 0 Å². The summed E-state index contributed by atoms with van der Waals surface area (Å²) >= 11 is 0. The van der Waals surface area contributed by atoms with Crippen LogP contribution < -0.4 is 19.9 Å². The summed E-state index contributed by atoms with van der Waals surface area (Å²) in [6.07, 6.45) is 2.85. The van der Waals surface area contributed by atoms with Gasteiger partial charge in [0.2, 0.25) is 0 Å². The number of nitrogen functional groups attached to an aromatic ring is 1. The third-order valence-corrected chi connectivity index (χ3v) is 5.06. The number of hydrogen-bond acceptors (Lipinski definition) is 6. The van der Waals surface area contributed by atoms with Crippen LogP contribution in [-0.4, -0.2) is 31.0 Å². The number of allylic oxidation sites excluding steroid dienone is 1. The molecule has 168 valence electrons. The van der Waals surface area contributed by atoms with E-state index in [2.05, 4.69) is 6.08 Å². The molecule has 6 nitrogen and oxygen atoms in total. The summed E-state index contributed by atoms with van der Waals surface area (Å²) in [5.74, 6) is 1.60. The number of phenolic OH excluding ortho intramolecular Hbond substituents is 2. The van der Waals surface area contributed by atoms with E-state index in [0.29, 0.717) is 40.7 Å². The Morgan fingerprint density at radius 2 is 1.59 bits per heavy atom. The summed E-state index contributed by atoms with van der Waals surface area (Å²) < 4.78 is 17.0. The van der Waals surface area contributed by atoms with Crippen LogP contribution in [0.1, 0.15) is 20.3 Å². The van der Waals surface area contributed by atoms with E-state index in [9.17, 15) is 10.2 Å². The van der Waals surface area contributed by atoms with Gasteiger partial charge in [-0.3, -0.25) is 0 Å². The number of phenols is 2. The minimum atomic E-state index is 0.0164. The fourth-order valence-electron chi connectivity index (χ4n) is 3.51. The van der Waals surface area contributed by atoms with Gasteiger partial charge >= 0.3 is 0 Å². The highest BCUT2D eigenvalue weighted by Gasteiger charge is 2.21. The molecule has 0 saturated heterocycles. The van der Waals surface area contributed by atoms with Gasteiger partial charge in [-0.15, -0.1) is 0 Å². The molecule has 0 aliphatic carbocycles. The van der Waals surface area contributed by atoms with E-state index in [0.717, 1.165) is 17.5 Å². The standard InChI is InChI=1S/C26H29NO5/c1-16(2)6-5-13-32-22-12-9-18(14-21(22)29)24-23(30-3)15-20(26(31-4)25(24)27)17-7-10-19(28)11-8-17/h6-12,14-15,28-29H,5,13,27H2,1-4H3. The molecule has 3 aromatic carbocycles. The second-order valence-corrected chi connectivity index (χ2v) is 7.60. The van der Waals surface area contributed by atoms with Gasteiger partial charge in [0.25, 0.3) is 0 Å². The van der Waals surface area contributed by atoms with Gasteiger partial charge in [-0.2, -0.15) is 0 Å². The lowest BCUT2D eigenvalue weighted by Gasteiger charge is -2.19. The first-order valence-electron chi connectivity index (χ1n) is 10.3. The summed E-state index contributed by atoms with van der Waals surface area (Å²) in [5.41, 5.74) is 10.9. The highest BCUT2D eigenvalue weighted by Crippen LogP contribution is 2.48. The van der Waals surface area contributed by atoms with Crippen LogP contribution >= 0.6 is 0 Å². The Bertz CT molecular complexity index is 1120. The lowest BCUT2D eigenvalue weighted by molar-refractivity contribution is 0.305. The van der Waals surface area contributed by atoms with Crippen molar-refractivity contribution in [3.8, 4) is 51.0 Å². The molecule has 0 aliphatic heterocycles. The zero-order chi connectivity index (χ0) is 23.3. The van der Waals surface area contributed by atoms with Gasteiger partial charge in [0.1, 0.15) is 17.2 Å². The summed E-state index contributed by atoms with van der Waals surface area (Å²) in [6.45, 7) is 4.54. The largest absolute Gasteiger partial charge is 0.508 e. The summed E-state index contributed by atoms with van der Waals surface area (Å²) in [4.78, 5) is 0. The number of ether oxygens (including phenoxy) is 3. The molecule has 0 heterocycles. The van der Waals surface area contributed by atoms with E-state index in [1.54, 1.807) is 50.6 Å². The van der Waals surface area contributed by atoms with Crippen LogP contribution in [0.5, 0.6) is 28.7 Å². The molecule has 0 bridgehead atoms. The number of methoxy groups -OCH3 is 2. The molecule has 0 spiro atoms. The highest BCUT2D eigenvalue weighted by molar-refractivity contribution is 5.93. The number of benzene rings is 3. The first-order chi connectivity index (χ1) is 15.3.